The third-order valence-corrected chi connectivity index (χ3v) is 5.52. The Kier molecular flexibility index (Phi) is 6.14. The number of hydrogen-bond acceptors (Lipinski definition) is 4. The van der Waals surface area contributed by atoms with Crippen LogP contribution in [-0.2, 0) is 6.54 Å². The highest BCUT2D eigenvalue weighted by Crippen LogP contribution is 2.25. The van der Waals surface area contributed by atoms with Gasteiger partial charge in [0.05, 0.1) is 24.8 Å². The van der Waals surface area contributed by atoms with E-state index in [1.165, 1.54) is 5.56 Å². The van der Waals surface area contributed by atoms with Crippen LogP contribution in [0, 0.1) is 6.92 Å². The molecule has 6 nitrogen and oxygen atoms in total. The van der Waals surface area contributed by atoms with Crippen molar-refractivity contribution in [1.82, 2.24) is 19.8 Å². The van der Waals surface area contributed by atoms with Gasteiger partial charge < -0.3 is 14.6 Å². The lowest BCUT2D eigenvalue weighted by Crippen LogP contribution is -2.47. The smallest absolute Gasteiger partial charge is 0.251 e. The fourth-order valence-electron chi connectivity index (χ4n) is 4.01. The number of hydrogen-bond donors (Lipinski definition) is 1. The summed E-state index contributed by atoms with van der Waals surface area (Å²) in [4.78, 5) is 19.6. The minimum Gasteiger partial charge on any atom is -0.495 e. The molecular formula is C24H28N4O2. The number of nitrogens with zero attached hydrogens (tertiary/aromatic N) is 3. The summed E-state index contributed by atoms with van der Waals surface area (Å²) < 4.78 is 7.44. The summed E-state index contributed by atoms with van der Waals surface area (Å²) in [5.74, 6) is 0.586. The number of benzene rings is 2. The number of carbonyl (C=O) groups is 1. The first-order valence-corrected chi connectivity index (χ1v) is 10.4. The van der Waals surface area contributed by atoms with E-state index < -0.39 is 0 Å². The molecule has 2 heterocycles. The molecule has 1 aromatic heterocycles. The van der Waals surface area contributed by atoms with Gasteiger partial charge in [0.1, 0.15) is 5.75 Å². The van der Waals surface area contributed by atoms with Gasteiger partial charge in [0.2, 0.25) is 0 Å². The van der Waals surface area contributed by atoms with E-state index in [-0.39, 0.29) is 11.9 Å². The highest BCUT2D eigenvalue weighted by molar-refractivity contribution is 5.95. The van der Waals surface area contributed by atoms with Gasteiger partial charge in [-0.15, -0.1) is 0 Å². The molecule has 0 bridgehead atoms. The molecule has 1 fully saturated rings. The summed E-state index contributed by atoms with van der Waals surface area (Å²) in [6, 6.07) is 16.2. The maximum atomic E-state index is 12.9. The zero-order valence-corrected chi connectivity index (χ0v) is 17.5. The second-order valence-corrected chi connectivity index (χ2v) is 7.84. The number of carbonyl (C=O) groups excluding carboxylic acids is 1. The average Bonchev–Trinajstić information content (AvgIpc) is 3.20. The van der Waals surface area contributed by atoms with Crippen molar-refractivity contribution in [2.45, 2.75) is 32.4 Å². The number of rotatable bonds is 6. The molecule has 1 aliphatic rings. The second-order valence-electron chi connectivity index (χ2n) is 7.84. The Morgan fingerprint density at radius 2 is 2.07 bits per heavy atom. The molecule has 4 rings (SSSR count). The summed E-state index contributed by atoms with van der Waals surface area (Å²) in [5.41, 5.74) is 3.70. The summed E-state index contributed by atoms with van der Waals surface area (Å²) in [6.45, 7) is 4.79. The van der Waals surface area contributed by atoms with Crippen LogP contribution in [-0.4, -0.2) is 46.6 Å². The van der Waals surface area contributed by atoms with Crippen molar-refractivity contribution in [2.75, 3.05) is 20.2 Å². The van der Waals surface area contributed by atoms with E-state index in [0.29, 0.717) is 11.3 Å². The lowest BCUT2D eigenvalue weighted by Gasteiger charge is -2.33. The molecule has 3 aromatic rings. The lowest BCUT2D eigenvalue weighted by atomic mass is 10.0. The van der Waals surface area contributed by atoms with Crippen molar-refractivity contribution >= 4 is 5.91 Å². The number of piperidine rings is 1. The van der Waals surface area contributed by atoms with Gasteiger partial charge in [0, 0.05) is 30.9 Å². The minimum absolute atomic E-state index is 0.0618. The summed E-state index contributed by atoms with van der Waals surface area (Å²) in [5, 5.41) is 3.21. The second kappa shape index (κ2) is 9.13. The van der Waals surface area contributed by atoms with Crippen LogP contribution in [0.25, 0.3) is 5.69 Å². The van der Waals surface area contributed by atoms with Crippen LogP contribution in [0.3, 0.4) is 0 Å². The largest absolute Gasteiger partial charge is 0.495 e. The van der Waals surface area contributed by atoms with E-state index in [1.807, 2.05) is 35.9 Å². The highest BCUT2D eigenvalue weighted by Gasteiger charge is 2.22. The number of aromatic nitrogens is 2. The van der Waals surface area contributed by atoms with E-state index in [4.69, 9.17) is 4.74 Å². The Morgan fingerprint density at radius 3 is 2.80 bits per heavy atom. The normalized spacial score (nSPS) is 16.9. The molecule has 1 unspecified atom stereocenters. The van der Waals surface area contributed by atoms with E-state index in [0.717, 1.165) is 43.9 Å². The number of imidazole rings is 1. The third kappa shape index (κ3) is 4.71. The Balaban J connectivity index is 1.41. The highest BCUT2D eigenvalue weighted by atomic mass is 16.5. The fourth-order valence-corrected chi connectivity index (χ4v) is 4.01. The molecule has 0 aliphatic carbocycles. The predicted molar refractivity (Wildman–Crippen MR) is 117 cm³/mol. The Labute approximate surface area is 177 Å². The number of methoxy groups -OCH3 is 1. The van der Waals surface area contributed by atoms with Crippen molar-refractivity contribution in [3.8, 4) is 11.4 Å². The molecule has 1 amide bonds. The molecule has 0 spiro atoms. The first kappa shape index (κ1) is 20.2. The first-order valence-electron chi connectivity index (χ1n) is 10.4. The Morgan fingerprint density at radius 1 is 1.23 bits per heavy atom. The molecule has 1 aliphatic heterocycles. The zero-order chi connectivity index (χ0) is 20.9. The van der Waals surface area contributed by atoms with E-state index >= 15 is 0 Å². The Hall–Kier alpha value is -3.12. The van der Waals surface area contributed by atoms with Crippen LogP contribution in [0.15, 0.2) is 61.1 Å². The monoisotopic (exact) mass is 404 g/mol. The van der Waals surface area contributed by atoms with E-state index in [9.17, 15) is 4.79 Å². The Bertz CT molecular complexity index is 999. The first-order chi connectivity index (χ1) is 14.6. The molecular weight excluding hydrogens is 376 g/mol. The van der Waals surface area contributed by atoms with Gasteiger partial charge in [-0.2, -0.15) is 0 Å². The van der Waals surface area contributed by atoms with Crippen molar-refractivity contribution < 1.29 is 9.53 Å². The van der Waals surface area contributed by atoms with Gasteiger partial charge in [0.15, 0.2) is 0 Å². The lowest BCUT2D eigenvalue weighted by molar-refractivity contribution is 0.0900. The van der Waals surface area contributed by atoms with Crippen LogP contribution >= 0.6 is 0 Å². The summed E-state index contributed by atoms with van der Waals surface area (Å²) >= 11 is 0. The summed E-state index contributed by atoms with van der Waals surface area (Å²) in [7, 11) is 1.62. The predicted octanol–water partition coefficient (Wildman–Crippen LogP) is 3.58. The number of aryl methyl sites for hydroxylation is 1. The summed E-state index contributed by atoms with van der Waals surface area (Å²) in [6.07, 6.45) is 5.76. The number of likely N-dealkylation sites (tertiary alicyclic amines) is 1. The fraction of sp³-hybridized carbons (Fsp3) is 0.333. The van der Waals surface area contributed by atoms with Gasteiger partial charge in [-0.05, 0) is 50.1 Å². The van der Waals surface area contributed by atoms with Crippen LogP contribution in [0.2, 0.25) is 0 Å². The van der Waals surface area contributed by atoms with Crippen molar-refractivity contribution in [3.05, 3.63) is 77.9 Å². The quantitative estimate of drug-likeness (QED) is 0.682. The molecule has 0 saturated carbocycles. The standard InChI is InChI=1S/C24H28N4O2/c1-18-14-28(17-25-18)22-11-10-20(13-23(22)30-2)24(29)26-21-9-6-12-27(16-21)15-19-7-4-3-5-8-19/h3-5,7-8,10-11,13-14,17,21H,6,9,12,15-16H2,1-2H3,(H,26,29). The SMILES string of the molecule is COc1cc(C(=O)NC2CCCN(Cc3ccccc3)C2)ccc1-n1cnc(C)c1. The van der Waals surface area contributed by atoms with Crippen molar-refractivity contribution in [3.63, 3.8) is 0 Å². The van der Waals surface area contributed by atoms with Gasteiger partial charge in [-0.1, -0.05) is 30.3 Å². The molecule has 1 N–H and O–H groups in total. The topological polar surface area (TPSA) is 59.4 Å². The maximum Gasteiger partial charge on any atom is 0.251 e. The number of nitrogens with one attached hydrogen (secondary N) is 1. The van der Waals surface area contributed by atoms with E-state index in [2.05, 4.69) is 39.5 Å². The third-order valence-electron chi connectivity index (χ3n) is 5.52. The molecule has 156 valence electrons. The minimum atomic E-state index is -0.0618. The van der Waals surface area contributed by atoms with Gasteiger partial charge in [-0.25, -0.2) is 4.98 Å². The van der Waals surface area contributed by atoms with E-state index in [1.54, 1.807) is 19.5 Å². The van der Waals surface area contributed by atoms with Gasteiger partial charge >= 0.3 is 0 Å². The molecule has 6 heteroatoms. The van der Waals surface area contributed by atoms with Crippen LogP contribution in [0.5, 0.6) is 5.75 Å². The average molecular weight is 405 g/mol. The van der Waals surface area contributed by atoms with Crippen LogP contribution in [0.4, 0.5) is 0 Å². The van der Waals surface area contributed by atoms with Crippen LogP contribution in [0.1, 0.15) is 34.5 Å². The van der Waals surface area contributed by atoms with Crippen LogP contribution < -0.4 is 10.1 Å². The van der Waals surface area contributed by atoms with Gasteiger partial charge in [0.25, 0.3) is 5.91 Å². The van der Waals surface area contributed by atoms with Crippen molar-refractivity contribution in [1.29, 1.82) is 0 Å². The zero-order valence-electron chi connectivity index (χ0n) is 17.5. The molecule has 2 aromatic carbocycles. The van der Waals surface area contributed by atoms with Gasteiger partial charge in [-0.3, -0.25) is 9.69 Å². The maximum absolute atomic E-state index is 12.9. The number of ether oxygens (including phenoxy) is 1. The van der Waals surface area contributed by atoms with Crippen molar-refractivity contribution in [2.24, 2.45) is 0 Å². The molecule has 1 saturated heterocycles. The molecule has 1 atom stereocenters. The molecule has 30 heavy (non-hydrogen) atoms. The molecule has 0 radical (unpaired) electrons. The number of amides is 1.